The number of phenols is 1. The first kappa shape index (κ1) is 17.3. The second kappa shape index (κ2) is 7.29. The molecule has 0 saturated carbocycles. The van der Waals surface area contributed by atoms with Gasteiger partial charge < -0.3 is 5.11 Å². The number of benzene rings is 5. The summed E-state index contributed by atoms with van der Waals surface area (Å²) in [5.74, 6) is 0.311. The average molecular weight is 372 g/mol. The van der Waals surface area contributed by atoms with Gasteiger partial charge in [0.1, 0.15) is 5.75 Å². The lowest BCUT2D eigenvalue weighted by atomic mass is 9.90. The Morgan fingerprint density at radius 3 is 1.55 bits per heavy atom. The summed E-state index contributed by atoms with van der Waals surface area (Å²) in [5.41, 5.74) is 5.95. The van der Waals surface area contributed by atoms with Crippen molar-refractivity contribution < 1.29 is 5.11 Å². The fourth-order valence-corrected chi connectivity index (χ4v) is 3.94. The summed E-state index contributed by atoms with van der Waals surface area (Å²) >= 11 is 0. The molecule has 0 amide bonds. The van der Waals surface area contributed by atoms with Crippen molar-refractivity contribution in [2.45, 2.75) is 0 Å². The lowest BCUT2D eigenvalue weighted by Gasteiger charge is -2.15. The monoisotopic (exact) mass is 372 g/mol. The lowest BCUT2D eigenvalue weighted by molar-refractivity contribution is 0.479. The highest BCUT2D eigenvalue weighted by Gasteiger charge is 2.15. The summed E-state index contributed by atoms with van der Waals surface area (Å²) < 4.78 is 0. The van der Waals surface area contributed by atoms with E-state index in [9.17, 15) is 5.11 Å². The first-order valence-corrected chi connectivity index (χ1v) is 9.77. The molecule has 5 aromatic carbocycles. The second-order valence-electron chi connectivity index (χ2n) is 7.18. The number of hydrogen-bond acceptors (Lipinski definition) is 1. The molecule has 0 spiro atoms. The Bertz CT molecular complexity index is 1220. The summed E-state index contributed by atoms with van der Waals surface area (Å²) in [4.78, 5) is 0. The highest BCUT2D eigenvalue weighted by molar-refractivity contribution is 5.99. The third-order valence-electron chi connectivity index (χ3n) is 5.38. The van der Waals surface area contributed by atoms with Crippen molar-refractivity contribution >= 4 is 10.8 Å². The SMILES string of the molecule is Oc1c(-c2ccccc2)cc(-c2cccc3ccccc23)cc1-c1ccccc1. The van der Waals surface area contributed by atoms with E-state index < -0.39 is 0 Å². The molecule has 1 nitrogen and oxygen atoms in total. The number of hydrogen-bond donors (Lipinski definition) is 1. The van der Waals surface area contributed by atoms with Gasteiger partial charge in [0, 0.05) is 11.1 Å². The van der Waals surface area contributed by atoms with Gasteiger partial charge in [-0.2, -0.15) is 0 Å². The lowest BCUT2D eigenvalue weighted by Crippen LogP contribution is -1.89. The molecular formula is C28H20O. The third-order valence-corrected chi connectivity index (χ3v) is 5.38. The van der Waals surface area contributed by atoms with Crippen LogP contribution in [0.2, 0.25) is 0 Å². The molecule has 0 aromatic heterocycles. The molecule has 0 aliphatic carbocycles. The molecule has 0 unspecified atom stereocenters. The summed E-state index contributed by atoms with van der Waals surface area (Å²) in [6.07, 6.45) is 0. The molecular weight excluding hydrogens is 352 g/mol. The van der Waals surface area contributed by atoms with Gasteiger partial charge in [-0.25, -0.2) is 0 Å². The normalized spacial score (nSPS) is 10.9. The molecule has 0 aliphatic rings. The number of phenolic OH excluding ortho intramolecular Hbond substituents is 1. The number of fused-ring (bicyclic) bond motifs is 1. The van der Waals surface area contributed by atoms with Crippen LogP contribution >= 0.6 is 0 Å². The van der Waals surface area contributed by atoms with Gasteiger partial charge in [0.2, 0.25) is 0 Å². The highest BCUT2D eigenvalue weighted by Crippen LogP contribution is 2.42. The van der Waals surface area contributed by atoms with E-state index in [4.69, 9.17) is 0 Å². The average Bonchev–Trinajstić information content (AvgIpc) is 2.80. The zero-order chi connectivity index (χ0) is 19.6. The van der Waals surface area contributed by atoms with E-state index in [1.165, 1.54) is 10.8 Å². The number of aromatic hydroxyl groups is 1. The Hall–Kier alpha value is -3.84. The smallest absolute Gasteiger partial charge is 0.131 e. The maximum absolute atomic E-state index is 11.2. The van der Waals surface area contributed by atoms with Crippen LogP contribution in [0.5, 0.6) is 5.75 Å². The van der Waals surface area contributed by atoms with Gasteiger partial charge in [-0.05, 0) is 45.2 Å². The first-order valence-electron chi connectivity index (χ1n) is 9.77. The summed E-state index contributed by atoms with van der Waals surface area (Å²) in [7, 11) is 0. The van der Waals surface area contributed by atoms with Gasteiger partial charge in [0.25, 0.3) is 0 Å². The molecule has 0 saturated heterocycles. The fraction of sp³-hybridized carbons (Fsp3) is 0. The zero-order valence-electron chi connectivity index (χ0n) is 15.9. The predicted molar refractivity (Wildman–Crippen MR) is 122 cm³/mol. The van der Waals surface area contributed by atoms with Crippen LogP contribution in [0.3, 0.4) is 0 Å². The van der Waals surface area contributed by atoms with Crippen molar-refractivity contribution in [3.8, 4) is 39.1 Å². The summed E-state index contributed by atoms with van der Waals surface area (Å²) in [6.45, 7) is 0. The molecule has 5 aromatic rings. The van der Waals surface area contributed by atoms with Gasteiger partial charge in [0.05, 0.1) is 0 Å². The predicted octanol–water partition coefficient (Wildman–Crippen LogP) is 7.55. The first-order chi connectivity index (χ1) is 14.3. The molecule has 1 N–H and O–H groups in total. The van der Waals surface area contributed by atoms with Gasteiger partial charge in [-0.3, -0.25) is 0 Å². The van der Waals surface area contributed by atoms with E-state index in [1.54, 1.807) is 0 Å². The topological polar surface area (TPSA) is 20.2 Å². The van der Waals surface area contributed by atoms with Crippen molar-refractivity contribution in [1.29, 1.82) is 0 Å². The van der Waals surface area contributed by atoms with E-state index in [1.807, 2.05) is 60.7 Å². The second-order valence-corrected chi connectivity index (χ2v) is 7.18. The highest BCUT2D eigenvalue weighted by atomic mass is 16.3. The molecule has 5 rings (SSSR count). The Morgan fingerprint density at radius 1 is 0.414 bits per heavy atom. The van der Waals surface area contributed by atoms with Gasteiger partial charge in [-0.15, -0.1) is 0 Å². The van der Waals surface area contributed by atoms with Crippen molar-refractivity contribution in [2.24, 2.45) is 0 Å². The van der Waals surface area contributed by atoms with Crippen LogP contribution in [0.4, 0.5) is 0 Å². The Labute approximate surface area is 170 Å². The van der Waals surface area contributed by atoms with E-state index in [0.29, 0.717) is 5.75 Å². The minimum atomic E-state index is 0.311. The van der Waals surface area contributed by atoms with Crippen LogP contribution in [0, 0.1) is 0 Å². The Morgan fingerprint density at radius 2 is 0.931 bits per heavy atom. The Kier molecular flexibility index (Phi) is 4.34. The standard InChI is InChI=1S/C28H20O/c29-28-26(21-10-3-1-4-11-21)18-23(19-27(28)22-12-5-2-6-13-22)25-17-9-15-20-14-7-8-16-24(20)25/h1-19,29H. The van der Waals surface area contributed by atoms with E-state index >= 15 is 0 Å². The molecule has 1 heteroatoms. The van der Waals surface area contributed by atoms with E-state index in [2.05, 4.69) is 54.6 Å². The van der Waals surface area contributed by atoms with Crippen LogP contribution in [0.25, 0.3) is 44.2 Å². The van der Waals surface area contributed by atoms with Crippen LogP contribution in [-0.2, 0) is 0 Å². The summed E-state index contributed by atoms with van der Waals surface area (Å²) in [5, 5.41) is 13.6. The molecule has 0 heterocycles. The van der Waals surface area contributed by atoms with Crippen molar-refractivity contribution in [3.63, 3.8) is 0 Å². The molecule has 0 radical (unpaired) electrons. The van der Waals surface area contributed by atoms with Crippen LogP contribution in [0.1, 0.15) is 0 Å². The van der Waals surface area contributed by atoms with Crippen LogP contribution in [0.15, 0.2) is 115 Å². The molecule has 29 heavy (non-hydrogen) atoms. The zero-order valence-corrected chi connectivity index (χ0v) is 15.9. The van der Waals surface area contributed by atoms with Gasteiger partial charge >= 0.3 is 0 Å². The quantitative estimate of drug-likeness (QED) is 0.347. The molecule has 0 bridgehead atoms. The van der Waals surface area contributed by atoms with Gasteiger partial charge in [-0.1, -0.05) is 103 Å². The van der Waals surface area contributed by atoms with Crippen LogP contribution in [-0.4, -0.2) is 5.11 Å². The minimum absolute atomic E-state index is 0.311. The van der Waals surface area contributed by atoms with Gasteiger partial charge in [0.15, 0.2) is 0 Å². The number of rotatable bonds is 3. The maximum atomic E-state index is 11.2. The molecule has 0 atom stereocenters. The molecule has 138 valence electrons. The fourth-order valence-electron chi connectivity index (χ4n) is 3.94. The van der Waals surface area contributed by atoms with Crippen LogP contribution < -0.4 is 0 Å². The van der Waals surface area contributed by atoms with E-state index in [-0.39, 0.29) is 0 Å². The van der Waals surface area contributed by atoms with E-state index in [0.717, 1.165) is 33.4 Å². The van der Waals surface area contributed by atoms with Crippen molar-refractivity contribution in [1.82, 2.24) is 0 Å². The third kappa shape index (κ3) is 3.17. The van der Waals surface area contributed by atoms with Crippen molar-refractivity contribution in [3.05, 3.63) is 115 Å². The molecule has 0 aliphatic heterocycles. The summed E-state index contributed by atoms with van der Waals surface area (Å²) in [6, 6.07) is 39.1. The van der Waals surface area contributed by atoms with Crippen molar-refractivity contribution in [2.75, 3.05) is 0 Å². The Balaban J connectivity index is 1.82. The minimum Gasteiger partial charge on any atom is -0.507 e. The largest absolute Gasteiger partial charge is 0.507 e. The molecule has 0 fully saturated rings. The maximum Gasteiger partial charge on any atom is 0.131 e.